The molecule has 0 bridgehead atoms. The van der Waals surface area contributed by atoms with Crippen LogP contribution in [0.25, 0.3) is 0 Å². The summed E-state index contributed by atoms with van der Waals surface area (Å²) in [5.74, 6) is -1.95. The summed E-state index contributed by atoms with van der Waals surface area (Å²) in [6, 6.07) is -2.05. The minimum atomic E-state index is -1.17. The van der Waals surface area contributed by atoms with Crippen LogP contribution in [0.3, 0.4) is 0 Å². The fourth-order valence-corrected chi connectivity index (χ4v) is 2.21. The highest BCUT2D eigenvalue weighted by Gasteiger charge is 2.31. The number of aliphatic carboxylic acids is 1. The molecule has 0 aliphatic carbocycles. The van der Waals surface area contributed by atoms with E-state index in [1.165, 1.54) is 12.5 Å². The molecule has 0 aliphatic rings. The number of carboxylic acids is 1. The molecular formula is C17H28N4O5. The Balaban J connectivity index is 2.83. The van der Waals surface area contributed by atoms with Crippen molar-refractivity contribution in [2.45, 2.75) is 65.1 Å². The third-order valence-corrected chi connectivity index (χ3v) is 3.76. The molecule has 0 aromatic carbocycles. The van der Waals surface area contributed by atoms with Crippen molar-refractivity contribution >= 4 is 18.0 Å². The third-order valence-electron chi connectivity index (χ3n) is 3.76. The second-order valence-electron chi connectivity index (χ2n) is 7.19. The highest BCUT2D eigenvalue weighted by molar-refractivity contribution is 5.89. The number of ether oxygens (including phenoxy) is 1. The van der Waals surface area contributed by atoms with E-state index in [1.807, 2.05) is 6.92 Å². The Morgan fingerprint density at radius 1 is 1.31 bits per heavy atom. The number of hydrogen-bond donors (Lipinski definition) is 4. The van der Waals surface area contributed by atoms with Gasteiger partial charge < -0.3 is 25.5 Å². The number of carbonyl (C=O) groups excluding carboxylic acids is 2. The fraction of sp³-hybridized carbons (Fsp3) is 0.647. The van der Waals surface area contributed by atoms with Gasteiger partial charge in [0, 0.05) is 18.3 Å². The van der Waals surface area contributed by atoms with E-state index in [-0.39, 0.29) is 12.3 Å². The second-order valence-corrected chi connectivity index (χ2v) is 7.19. The number of hydrogen-bond acceptors (Lipinski definition) is 5. The first kappa shape index (κ1) is 21.5. The van der Waals surface area contributed by atoms with Crippen LogP contribution >= 0.6 is 0 Å². The highest BCUT2D eigenvalue weighted by Crippen LogP contribution is 2.12. The molecule has 1 heterocycles. The topological polar surface area (TPSA) is 133 Å². The Morgan fingerprint density at radius 3 is 2.42 bits per heavy atom. The van der Waals surface area contributed by atoms with Gasteiger partial charge in [-0.3, -0.25) is 4.79 Å². The maximum absolute atomic E-state index is 12.6. The number of rotatable bonds is 8. The van der Waals surface area contributed by atoms with Crippen LogP contribution in [0.1, 0.15) is 46.7 Å². The summed E-state index contributed by atoms with van der Waals surface area (Å²) >= 11 is 0. The Labute approximate surface area is 152 Å². The second kappa shape index (κ2) is 9.21. The molecule has 1 aromatic rings. The molecule has 0 fully saturated rings. The van der Waals surface area contributed by atoms with E-state index in [9.17, 15) is 19.5 Å². The Morgan fingerprint density at radius 2 is 1.96 bits per heavy atom. The largest absolute Gasteiger partial charge is 0.480 e. The van der Waals surface area contributed by atoms with E-state index < -0.39 is 35.7 Å². The summed E-state index contributed by atoms with van der Waals surface area (Å²) in [7, 11) is 0. The van der Waals surface area contributed by atoms with Crippen LogP contribution in [-0.4, -0.2) is 50.7 Å². The number of imidazole rings is 1. The summed E-state index contributed by atoms with van der Waals surface area (Å²) in [6.45, 7) is 8.83. The zero-order chi connectivity index (χ0) is 19.9. The number of carbonyl (C=O) groups is 3. The minimum Gasteiger partial charge on any atom is -0.480 e. The van der Waals surface area contributed by atoms with Gasteiger partial charge in [0.25, 0.3) is 0 Å². The number of H-pyrrole nitrogens is 1. The Bertz CT molecular complexity index is 609. The molecule has 26 heavy (non-hydrogen) atoms. The van der Waals surface area contributed by atoms with Crippen LogP contribution in [0.2, 0.25) is 0 Å². The molecule has 0 spiro atoms. The van der Waals surface area contributed by atoms with Crippen molar-refractivity contribution in [2.24, 2.45) is 5.92 Å². The maximum Gasteiger partial charge on any atom is 0.408 e. The predicted octanol–water partition coefficient (Wildman–Crippen LogP) is 1.46. The van der Waals surface area contributed by atoms with Crippen molar-refractivity contribution in [1.82, 2.24) is 20.6 Å². The molecular weight excluding hydrogens is 340 g/mol. The van der Waals surface area contributed by atoms with E-state index >= 15 is 0 Å². The number of aromatic nitrogens is 2. The number of aromatic amines is 1. The molecule has 146 valence electrons. The highest BCUT2D eigenvalue weighted by atomic mass is 16.6. The fourth-order valence-electron chi connectivity index (χ4n) is 2.21. The number of nitrogens with zero attached hydrogens (tertiary/aromatic N) is 1. The minimum absolute atomic E-state index is 0.0563. The number of nitrogens with one attached hydrogen (secondary N) is 3. The Kier molecular flexibility index (Phi) is 7.60. The van der Waals surface area contributed by atoms with E-state index in [0.717, 1.165) is 0 Å². The van der Waals surface area contributed by atoms with Crippen molar-refractivity contribution in [3.05, 3.63) is 18.2 Å². The van der Waals surface area contributed by atoms with Crippen molar-refractivity contribution in [3.8, 4) is 0 Å². The van der Waals surface area contributed by atoms with Crippen LogP contribution in [0.4, 0.5) is 4.79 Å². The van der Waals surface area contributed by atoms with E-state index in [0.29, 0.717) is 12.1 Å². The zero-order valence-corrected chi connectivity index (χ0v) is 15.8. The van der Waals surface area contributed by atoms with E-state index in [1.54, 1.807) is 27.7 Å². The quantitative estimate of drug-likeness (QED) is 0.549. The molecule has 0 aliphatic heterocycles. The molecule has 0 unspecified atom stereocenters. The average molecular weight is 368 g/mol. The zero-order valence-electron chi connectivity index (χ0n) is 15.8. The lowest BCUT2D eigenvalue weighted by molar-refractivity contribution is -0.142. The first-order valence-electron chi connectivity index (χ1n) is 8.53. The van der Waals surface area contributed by atoms with E-state index in [2.05, 4.69) is 20.6 Å². The van der Waals surface area contributed by atoms with Crippen LogP contribution in [0, 0.1) is 5.92 Å². The molecule has 9 nitrogen and oxygen atoms in total. The molecule has 1 aromatic heterocycles. The molecule has 0 saturated carbocycles. The molecule has 3 atom stereocenters. The first-order valence-corrected chi connectivity index (χ1v) is 8.53. The molecule has 2 amide bonds. The van der Waals surface area contributed by atoms with Gasteiger partial charge in [0.15, 0.2) is 0 Å². The lowest BCUT2D eigenvalue weighted by Gasteiger charge is -2.27. The van der Waals surface area contributed by atoms with Gasteiger partial charge in [-0.1, -0.05) is 20.3 Å². The van der Waals surface area contributed by atoms with Crippen molar-refractivity contribution < 1.29 is 24.2 Å². The lowest BCUT2D eigenvalue weighted by Crippen LogP contribution is -2.55. The summed E-state index contributed by atoms with van der Waals surface area (Å²) < 4.78 is 5.19. The van der Waals surface area contributed by atoms with Gasteiger partial charge in [-0.2, -0.15) is 0 Å². The predicted molar refractivity (Wildman–Crippen MR) is 94.5 cm³/mol. The van der Waals surface area contributed by atoms with Crippen molar-refractivity contribution in [1.29, 1.82) is 0 Å². The van der Waals surface area contributed by atoms with Crippen LogP contribution in [0.5, 0.6) is 0 Å². The summed E-state index contributed by atoms with van der Waals surface area (Å²) in [4.78, 5) is 42.7. The van der Waals surface area contributed by atoms with Gasteiger partial charge in [0.1, 0.15) is 17.7 Å². The van der Waals surface area contributed by atoms with Gasteiger partial charge in [-0.15, -0.1) is 0 Å². The third kappa shape index (κ3) is 7.12. The summed E-state index contributed by atoms with van der Waals surface area (Å²) in [6.07, 6.45) is 2.88. The lowest BCUT2D eigenvalue weighted by atomic mass is 9.98. The average Bonchev–Trinajstić information content (AvgIpc) is 3.02. The van der Waals surface area contributed by atoms with Gasteiger partial charge in [-0.25, -0.2) is 14.6 Å². The molecule has 1 rings (SSSR count). The normalized spacial score (nSPS) is 14.8. The summed E-state index contributed by atoms with van der Waals surface area (Å²) in [5.41, 5.74) is -0.122. The number of alkyl carbamates (subject to hydrolysis) is 1. The molecule has 4 N–H and O–H groups in total. The van der Waals surface area contributed by atoms with Crippen LogP contribution in [0.15, 0.2) is 12.5 Å². The van der Waals surface area contributed by atoms with Gasteiger partial charge in [0.05, 0.1) is 6.33 Å². The number of amides is 2. The van der Waals surface area contributed by atoms with E-state index in [4.69, 9.17) is 4.74 Å². The Hall–Kier alpha value is -2.58. The maximum atomic E-state index is 12.6. The van der Waals surface area contributed by atoms with Crippen LogP contribution in [-0.2, 0) is 20.7 Å². The summed E-state index contributed by atoms with van der Waals surface area (Å²) in [5, 5.41) is 14.4. The number of carboxylic acid groups (broad SMARTS) is 1. The van der Waals surface area contributed by atoms with Crippen molar-refractivity contribution in [2.75, 3.05) is 0 Å². The monoisotopic (exact) mass is 368 g/mol. The van der Waals surface area contributed by atoms with Gasteiger partial charge in [-0.05, 0) is 26.7 Å². The van der Waals surface area contributed by atoms with Gasteiger partial charge >= 0.3 is 12.1 Å². The smallest absolute Gasteiger partial charge is 0.408 e. The van der Waals surface area contributed by atoms with Gasteiger partial charge in [0.2, 0.25) is 5.91 Å². The van der Waals surface area contributed by atoms with Crippen LogP contribution < -0.4 is 10.6 Å². The molecule has 0 saturated heterocycles. The molecule has 9 heteroatoms. The standard InChI is InChI=1S/C17H28N4O5/c1-6-10(2)13(21-16(25)26-17(3,4)5)14(22)20-12(15(23)24)7-11-8-18-9-19-11/h8-10,12-13H,6-7H2,1-5H3,(H,18,19)(H,20,22)(H,21,25)(H,23,24)/t10-,12-,13-/m0/s1. The SMILES string of the molecule is CC[C@H](C)[C@H](NC(=O)OC(C)(C)C)C(=O)N[C@@H](Cc1cnc[nH]1)C(=O)O. The first-order chi connectivity index (χ1) is 12.0. The van der Waals surface area contributed by atoms with Crippen molar-refractivity contribution in [3.63, 3.8) is 0 Å². The molecule has 0 radical (unpaired) electrons.